The van der Waals surface area contributed by atoms with Gasteiger partial charge in [0.05, 0.1) is 9.26 Å². The van der Waals surface area contributed by atoms with E-state index in [2.05, 4.69) is 81.4 Å². The molecule has 0 spiro atoms. The number of benzene rings is 1. The summed E-state index contributed by atoms with van der Waals surface area (Å²) in [6, 6.07) is 3.92. The molecule has 0 aliphatic heterocycles. The van der Waals surface area contributed by atoms with Gasteiger partial charge in [-0.25, -0.2) is 14.6 Å². The second-order valence-electron chi connectivity index (χ2n) is 6.51. The molecule has 132 valence electrons. The second-order valence-corrected chi connectivity index (χ2v) is 9.90. The largest absolute Gasteiger partial charge is 0.506 e. The Labute approximate surface area is 177 Å². The van der Waals surface area contributed by atoms with Crippen LogP contribution in [0.5, 0.6) is 5.75 Å². The molecule has 25 heavy (non-hydrogen) atoms. The zero-order chi connectivity index (χ0) is 18.2. The van der Waals surface area contributed by atoms with Crippen LogP contribution in [-0.4, -0.2) is 24.9 Å². The minimum Gasteiger partial charge on any atom is -0.506 e. The molecule has 6 nitrogen and oxygen atoms in total. The predicted octanol–water partition coefficient (Wildman–Crippen LogP) is 4.55. The van der Waals surface area contributed by atoms with Gasteiger partial charge in [0.25, 0.3) is 0 Å². The third-order valence-electron chi connectivity index (χ3n) is 3.48. The number of phenolic OH excluding ortho intramolecular Hbond substituents is 1. The van der Waals surface area contributed by atoms with E-state index in [1.807, 2.05) is 12.1 Å². The van der Waals surface area contributed by atoms with Gasteiger partial charge in [0, 0.05) is 21.1 Å². The maximum Gasteiger partial charge on any atom is 0.185 e. The van der Waals surface area contributed by atoms with Crippen molar-refractivity contribution >= 4 is 61.7 Å². The number of aromatic hydroxyl groups is 1. The fourth-order valence-electron chi connectivity index (χ4n) is 2.27. The van der Waals surface area contributed by atoms with Crippen molar-refractivity contribution in [1.82, 2.24) is 19.7 Å². The lowest BCUT2D eigenvalue weighted by Crippen LogP contribution is -2.15. The summed E-state index contributed by atoms with van der Waals surface area (Å²) in [6.45, 7) is 6.88. The molecule has 1 aromatic carbocycles. The minimum atomic E-state index is -0.114. The Hall–Kier alpha value is -0.950. The van der Waals surface area contributed by atoms with Crippen molar-refractivity contribution in [3.8, 4) is 10.8 Å². The monoisotopic (exact) mass is 581 g/mol. The maximum absolute atomic E-state index is 10.2. The van der Waals surface area contributed by atoms with Crippen molar-refractivity contribution < 1.29 is 5.11 Å². The van der Waals surface area contributed by atoms with Gasteiger partial charge in [-0.15, -0.1) is 0 Å². The van der Waals surface area contributed by atoms with Crippen molar-refractivity contribution in [3.63, 3.8) is 0 Å². The Balaban J connectivity index is 1.89. The fourth-order valence-corrected chi connectivity index (χ4v) is 5.34. The standard InChI is InChI=1S/C16H17I2N5OS/c1-16(2,3)13-14(23-8-19-7-21-23)25-15(22-13)20-6-9-4-10(17)5-11(18)12(9)24/h4-5,7-8,24H,6H2,1-3H3,(H,20,22). The van der Waals surface area contributed by atoms with E-state index in [1.54, 1.807) is 11.0 Å². The van der Waals surface area contributed by atoms with E-state index in [1.165, 1.54) is 17.7 Å². The highest BCUT2D eigenvalue weighted by Crippen LogP contribution is 2.35. The zero-order valence-electron chi connectivity index (χ0n) is 13.9. The molecule has 0 amide bonds. The molecule has 3 aromatic rings. The molecule has 9 heteroatoms. The fraction of sp³-hybridized carbons (Fsp3) is 0.312. The highest BCUT2D eigenvalue weighted by Gasteiger charge is 2.25. The van der Waals surface area contributed by atoms with E-state index < -0.39 is 0 Å². The number of hydrogen-bond donors (Lipinski definition) is 2. The van der Waals surface area contributed by atoms with Crippen LogP contribution >= 0.6 is 56.5 Å². The predicted molar refractivity (Wildman–Crippen MR) is 117 cm³/mol. The smallest absolute Gasteiger partial charge is 0.185 e. The number of rotatable bonds is 4. The van der Waals surface area contributed by atoms with Crippen LogP contribution in [0.25, 0.3) is 5.00 Å². The molecule has 0 unspecified atom stereocenters. The lowest BCUT2D eigenvalue weighted by atomic mass is 9.92. The van der Waals surface area contributed by atoms with E-state index in [-0.39, 0.29) is 5.41 Å². The Bertz CT molecular complexity index is 887. The summed E-state index contributed by atoms with van der Waals surface area (Å²) in [5, 5.41) is 19.6. The van der Waals surface area contributed by atoms with Gasteiger partial charge < -0.3 is 10.4 Å². The number of anilines is 1. The van der Waals surface area contributed by atoms with E-state index in [0.717, 1.165) is 28.5 Å². The van der Waals surface area contributed by atoms with Gasteiger partial charge in [0.1, 0.15) is 23.4 Å². The molecule has 0 aliphatic carbocycles. The molecule has 0 saturated carbocycles. The SMILES string of the molecule is CC(C)(C)c1nc(NCc2cc(I)cc(I)c2O)sc1-n1cncn1. The number of thiazole rings is 1. The first-order valence-corrected chi connectivity index (χ1v) is 10.5. The van der Waals surface area contributed by atoms with E-state index in [4.69, 9.17) is 4.98 Å². The van der Waals surface area contributed by atoms with Crippen molar-refractivity contribution in [3.05, 3.63) is 43.2 Å². The lowest BCUT2D eigenvalue weighted by molar-refractivity contribution is 0.465. The summed E-state index contributed by atoms with van der Waals surface area (Å²) in [5.41, 5.74) is 1.70. The Morgan fingerprint density at radius 1 is 1.28 bits per heavy atom. The number of aromatic nitrogens is 4. The normalized spacial score (nSPS) is 11.7. The number of halogens is 2. The molecule has 0 bridgehead atoms. The van der Waals surface area contributed by atoms with Crippen LogP contribution < -0.4 is 5.32 Å². The van der Waals surface area contributed by atoms with Crippen molar-refractivity contribution in [2.45, 2.75) is 32.7 Å². The molecule has 0 aliphatic rings. The second kappa shape index (κ2) is 7.35. The molecule has 0 atom stereocenters. The average molecular weight is 581 g/mol. The first-order valence-electron chi connectivity index (χ1n) is 7.53. The average Bonchev–Trinajstić information content (AvgIpc) is 3.17. The Kier molecular flexibility index (Phi) is 5.54. The third kappa shape index (κ3) is 4.25. The van der Waals surface area contributed by atoms with Gasteiger partial charge in [0.15, 0.2) is 5.13 Å². The molecule has 2 heterocycles. The first-order chi connectivity index (χ1) is 11.8. The molecular weight excluding hydrogens is 564 g/mol. The van der Waals surface area contributed by atoms with Gasteiger partial charge in [-0.2, -0.15) is 5.10 Å². The van der Waals surface area contributed by atoms with Crippen molar-refractivity contribution in [2.24, 2.45) is 0 Å². The molecule has 2 N–H and O–H groups in total. The van der Waals surface area contributed by atoms with Crippen LogP contribution in [-0.2, 0) is 12.0 Å². The van der Waals surface area contributed by atoms with Crippen LogP contribution in [0.1, 0.15) is 32.0 Å². The Morgan fingerprint density at radius 3 is 2.68 bits per heavy atom. The van der Waals surface area contributed by atoms with Crippen LogP contribution in [0.3, 0.4) is 0 Å². The summed E-state index contributed by atoms with van der Waals surface area (Å²) >= 11 is 5.93. The van der Waals surface area contributed by atoms with E-state index >= 15 is 0 Å². The highest BCUT2D eigenvalue weighted by atomic mass is 127. The van der Waals surface area contributed by atoms with Crippen LogP contribution in [0.15, 0.2) is 24.8 Å². The summed E-state index contributed by atoms with van der Waals surface area (Å²) in [4.78, 5) is 8.79. The van der Waals surface area contributed by atoms with Gasteiger partial charge in [0.2, 0.25) is 0 Å². The molecule has 0 fully saturated rings. The lowest BCUT2D eigenvalue weighted by Gasteiger charge is -2.16. The van der Waals surface area contributed by atoms with E-state index in [9.17, 15) is 5.11 Å². The van der Waals surface area contributed by atoms with Crippen LogP contribution in [0.4, 0.5) is 5.13 Å². The van der Waals surface area contributed by atoms with Crippen molar-refractivity contribution in [1.29, 1.82) is 0 Å². The number of phenols is 1. The summed E-state index contributed by atoms with van der Waals surface area (Å²) in [5.74, 6) is 0.317. The summed E-state index contributed by atoms with van der Waals surface area (Å²) in [6.07, 6.45) is 3.20. The van der Waals surface area contributed by atoms with Gasteiger partial charge in [-0.3, -0.25) is 0 Å². The van der Waals surface area contributed by atoms with Gasteiger partial charge in [-0.1, -0.05) is 32.1 Å². The quantitative estimate of drug-likeness (QED) is 0.443. The molecule has 0 radical (unpaired) electrons. The number of nitrogens with one attached hydrogen (secondary N) is 1. The third-order valence-corrected chi connectivity index (χ3v) is 5.93. The van der Waals surface area contributed by atoms with Crippen LogP contribution in [0, 0.1) is 7.14 Å². The summed E-state index contributed by atoms with van der Waals surface area (Å²) < 4.78 is 3.68. The van der Waals surface area contributed by atoms with Gasteiger partial charge >= 0.3 is 0 Å². The molecule has 3 rings (SSSR count). The highest BCUT2D eigenvalue weighted by molar-refractivity contribution is 14.1. The Morgan fingerprint density at radius 2 is 2.04 bits per heavy atom. The summed E-state index contributed by atoms with van der Waals surface area (Å²) in [7, 11) is 0. The van der Waals surface area contributed by atoms with Gasteiger partial charge in [-0.05, 0) is 57.3 Å². The zero-order valence-corrected chi connectivity index (χ0v) is 19.0. The van der Waals surface area contributed by atoms with Crippen LogP contribution in [0.2, 0.25) is 0 Å². The number of hydrogen-bond acceptors (Lipinski definition) is 6. The topological polar surface area (TPSA) is 75.9 Å². The minimum absolute atomic E-state index is 0.114. The van der Waals surface area contributed by atoms with Crippen molar-refractivity contribution in [2.75, 3.05) is 5.32 Å². The first kappa shape index (κ1) is 18.8. The number of nitrogens with zero attached hydrogens (tertiary/aromatic N) is 4. The molecular formula is C16H17I2N5OS. The molecule has 0 saturated heterocycles. The maximum atomic E-state index is 10.2. The van der Waals surface area contributed by atoms with E-state index in [0.29, 0.717) is 12.3 Å². The molecule has 2 aromatic heterocycles.